The van der Waals surface area contributed by atoms with Gasteiger partial charge < -0.3 is 45.4 Å². The van der Waals surface area contributed by atoms with Gasteiger partial charge in [-0.2, -0.15) is 0 Å². The van der Waals surface area contributed by atoms with E-state index in [-0.39, 0.29) is 42.6 Å². The Morgan fingerprint density at radius 1 is 1.00 bits per heavy atom. The van der Waals surface area contributed by atoms with Gasteiger partial charge in [0, 0.05) is 43.4 Å². The molecule has 0 unspecified atom stereocenters. The molecule has 0 fully saturated rings. The van der Waals surface area contributed by atoms with E-state index < -0.39 is 93.5 Å². The number of aromatic hydroxyl groups is 1. The highest BCUT2D eigenvalue weighted by molar-refractivity contribution is 6.25. The molecule has 0 aromatic heterocycles. The van der Waals surface area contributed by atoms with Crippen LogP contribution in [0, 0.1) is 22.7 Å². The van der Waals surface area contributed by atoms with Crippen LogP contribution in [0.1, 0.15) is 69.4 Å². The number of fused-ring (bicyclic) bond motifs is 3. The molecule has 15 heteroatoms. The molecule has 0 heterocycles. The average Bonchev–Trinajstić information content (AvgIpc) is 2.98. The molecule has 6 N–H and O–H groups in total. The van der Waals surface area contributed by atoms with Crippen molar-refractivity contribution in [2.45, 2.75) is 72.6 Å². The van der Waals surface area contributed by atoms with Crippen LogP contribution in [0.5, 0.6) is 5.75 Å². The Balaban J connectivity index is 1.81. The number of nitrogens with zero attached hydrogens (tertiary/aromatic N) is 3. The molecule has 0 bridgehead atoms. The van der Waals surface area contributed by atoms with E-state index in [0.717, 1.165) is 0 Å². The molecule has 0 saturated carbocycles. The molecule has 0 radical (unpaired) electrons. The van der Waals surface area contributed by atoms with Gasteiger partial charge in [-0.05, 0) is 70.7 Å². The van der Waals surface area contributed by atoms with Gasteiger partial charge in [-0.1, -0.05) is 20.8 Å². The maximum absolute atomic E-state index is 14.4. The summed E-state index contributed by atoms with van der Waals surface area (Å²) in [6.45, 7) is 9.90. The van der Waals surface area contributed by atoms with Crippen LogP contribution in [0.15, 0.2) is 28.7 Å². The van der Waals surface area contributed by atoms with Gasteiger partial charge >= 0.3 is 12.1 Å². The third kappa shape index (κ3) is 7.01. The van der Waals surface area contributed by atoms with Gasteiger partial charge in [0.05, 0.1) is 23.6 Å². The number of rotatable bonds is 8. The van der Waals surface area contributed by atoms with E-state index in [1.54, 1.807) is 59.9 Å². The maximum Gasteiger partial charge on any atom is 0.412 e. The second-order valence-corrected chi connectivity index (χ2v) is 16.2. The molecule has 0 spiro atoms. The zero-order chi connectivity index (χ0) is 38.7. The second-order valence-electron chi connectivity index (χ2n) is 16.2. The summed E-state index contributed by atoms with van der Waals surface area (Å²) in [5.41, 5.74) is 1.17. The largest absolute Gasteiger partial charge is 0.510 e. The van der Waals surface area contributed by atoms with Crippen LogP contribution < -0.4 is 10.6 Å². The molecular weight excluding hydrogens is 664 g/mol. The molecule has 15 nitrogen and oxygen atoms in total. The lowest BCUT2D eigenvalue weighted by molar-refractivity contribution is -0.162. The molecule has 1 aromatic carbocycles. The zero-order valence-corrected chi connectivity index (χ0v) is 30.9. The number of ketones is 2. The Labute approximate surface area is 297 Å². The van der Waals surface area contributed by atoms with Crippen LogP contribution in [-0.2, 0) is 36.8 Å². The number of hydrogen-bond donors (Lipinski definition) is 5. The number of anilines is 1. The minimum absolute atomic E-state index is 0.0495. The van der Waals surface area contributed by atoms with Crippen molar-refractivity contribution in [3.05, 3.63) is 45.4 Å². The van der Waals surface area contributed by atoms with Crippen molar-refractivity contribution in [2.24, 2.45) is 28.4 Å². The van der Waals surface area contributed by atoms with Crippen LogP contribution in [0.4, 0.5) is 10.5 Å². The number of allylic oxidation sites excluding steroid dienone is 1. The van der Waals surface area contributed by atoms with E-state index in [0.29, 0.717) is 11.3 Å². The highest BCUT2D eigenvalue weighted by atomic mass is 16.7. The number of carbonyl (C=O) groups is 5. The summed E-state index contributed by atoms with van der Waals surface area (Å²) in [5.74, 6) is -8.04. The van der Waals surface area contributed by atoms with E-state index in [1.807, 2.05) is 20.8 Å². The van der Waals surface area contributed by atoms with E-state index >= 15 is 0 Å². The normalized spacial score (nSPS) is 23.4. The quantitative estimate of drug-likeness (QED) is 0.149. The summed E-state index contributed by atoms with van der Waals surface area (Å²) in [7, 11) is 6.61. The molecule has 4 atom stereocenters. The van der Waals surface area contributed by atoms with Crippen LogP contribution in [0.3, 0.4) is 0 Å². The molecule has 280 valence electrons. The van der Waals surface area contributed by atoms with Crippen molar-refractivity contribution in [3.63, 3.8) is 0 Å². The molecular formula is C36H50N4O11. The zero-order valence-electron chi connectivity index (χ0n) is 30.9. The number of ether oxygens (including phenoxy) is 2. The molecule has 3 aliphatic carbocycles. The SMILES string of the molecule is CN(C)c1cc(CN(CC(C)(C)C)C(=O)OCOC(=O)C(C)(C)C)c(O)c2c1C[C@H]1C[C@H]3[C@@H](N(C)C)C(O)=C(C(N)=O)C(=O)[C@@]3(O)C(O)=C1C2=O. The van der Waals surface area contributed by atoms with Gasteiger partial charge in [0.2, 0.25) is 12.6 Å². The number of nitrogens with two attached hydrogens (primary N) is 1. The molecule has 3 aliphatic rings. The number of aliphatic hydroxyl groups is 3. The van der Waals surface area contributed by atoms with Crippen LogP contribution in [0.25, 0.3) is 0 Å². The number of phenols is 1. The Morgan fingerprint density at radius 2 is 1.61 bits per heavy atom. The minimum atomic E-state index is -2.77. The van der Waals surface area contributed by atoms with E-state index in [2.05, 4.69) is 0 Å². The maximum atomic E-state index is 14.4. The number of Topliss-reactive ketones (excluding diaryl/α,β-unsaturated/α-hetero) is 2. The molecule has 2 amide bonds. The lowest BCUT2D eigenvalue weighted by Crippen LogP contribution is -2.63. The topological polar surface area (TPSA) is 220 Å². The van der Waals surface area contributed by atoms with Gasteiger partial charge in [-0.25, -0.2) is 4.79 Å². The fraction of sp³-hybridized carbons (Fsp3) is 0.583. The van der Waals surface area contributed by atoms with Crippen molar-refractivity contribution in [2.75, 3.05) is 46.4 Å². The Bertz CT molecular complexity index is 1730. The van der Waals surface area contributed by atoms with Crippen LogP contribution in [-0.4, -0.2) is 113 Å². The Morgan fingerprint density at radius 3 is 2.12 bits per heavy atom. The van der Waals surface area contributed by atoms with Crippen LogP contribution in [0.2, 0.25) is 0 Å². The molecule has 4 rings (SSSR count). The number of carbonyl (C=O) groups excluding carboxylic acids is 5. The van der Waals surface area contributed by atoms with Crippen molar-refractivity contribution in [1.29, 1.82) is 0 Å². The highest BCUT2D eigenvalue weighted by Gasteiger charge is 2.63. The van der Waals surface area contributed by atoms with Crippen molar-refractivity contribution < 1.29 is 53.9 Å². The summed E-state index contributed by atoms with van der Waals surface area (Å²) >= 11 is 0. The van der Waals surface area contributed by atoms with Gasteiger partial charge in [0.15, 0.2) is 11.4 Å². The fourth-order valence-corrected chi connectivity index (χ4v) is 7.28. The number of likely N-dealkylation sites (N-methyl/N-ethyl adjacent to an activating group) is 1. The summed E-state index contributed by atoms with van der Waals surface area (Å²) in [5, 5.41) is 46.4. The first-order valence-corrected chi connectivity index (χ1v) is 16.6. The molecule has 1 aromatic rings. The highest BCUT2D eigenvalue weighted by Crippen LogP contribution is 2.53. The first kappa shape index (κ1) is 39.2. The molecule has 0 aliphatic heterocycles. The predicted octanol–water partition coefficient (Wildman–Crippen LogP) is 2.72. The Kier molecular flexibility index (Phi) is 10.4. The number of esters is 1. The van der Waals surface area contributed by atoms with Gasteiger partial charge in [-0.3, -0.25) is 24.1 Å². The summed E-state index contributed by atoms with van der Waals surface area (Å²) in [6.07, 6.45) is -0.787. The van der Waals surface area contributed by atoms with Crippen molar-refractivity contribution >= 4 is 35.2 Å². The number of aliphatic hydroxyl groups excluding tert-OH is 2. The molecule has 51 heavy (non-hydrogen) atoms. The lowest BCUT2D eigenvalue weighted by Gasteiger charge is -2.50. The number of amides is 2. The summed E-state index contributed by atoms with van der Waals surface area (Å²) < 4.78 is 10.4. The van der Waals surface area contributed by atoms with E-state index in [9.17, 15) is 44.4 Å². The predicted molar refractivity (Wildman–Crippen MR) is 185 cm³/mol. The minimum Gasteiger partial charge on any atom is -0.510 e. The molecule has 0 saturated heterocycles. The number of benzene rings is 1. The monoisotopic (exact) mass is 714 g/mol. The first-order chi connectivity index (χ1) is 23.3. The van der Waals surface area contributed by atoms with Crippen LogP contribution >= 0.6 is 0 Å². The third-order valence-corrected chi connectivity index (χ3v) is 9.53. The number of hydrogen-bond acceptors (Lipinski definition) is 13. The third-order valence-electron chi connectivity index (χ3n) is 9.53. The average molecular weight is 715 g/mol. The lowest BCUT2D eigenvalue weighted by atomic mass is 9.58. The number of phenolic OH excluding ortho intramolecular Hbond substituents is 1. The summed E-state index contributed by atoms with van der Waals surface area (Å²) in [6, 6.07) is 0.545. The second kappa shape index (κ2) is 13.5. The number of primary amides is 1. The first-order valence-electron chi connectivity index (χ1n) is 16.6. The fourth-order valence-electron chi connectivity index (χ4n) is 7.28. The van der Waals surface area contributed by atoms with Crippen molar-refractivity contribution in [3.8, 4) is 5.75 Å². The standard InChI is InChI=1S/C36H50N4O11/c1-34(2,3)15-40(33(48)51-16-50-32(47)35(4,5)6)14-18-13-21(38(7)8)19-11-17-12-20-25(39(9)10)28(43)24(31(37)46)30(45)36(20,49)29(44)22(17)27(42)23(19)26(18)41/h13,17,20,25,41,43-44,49H,11-12,14-16H2,1-10H3,(H2,37,46)/t17-,20-,25+,36-/m0/s1. The van der Waals surface area contributed by atoms with Gasteiger partial charge in [-0.15, -0.1) is 0 Å². The Hall–Kier alpha value is -4.63. The summed E-state index contributed by atoms with van der Waals surface area (Å²) in [4.78, 5) is 70.4. The van der Waals surface area contributed by atoms with E-state index in [1.165, 1.54) is 9.80 Å². The van der Waals surface area contributed by atoms with Gasteiger partial charge in [0.1, 0.15) is 22.8 Å². The smallest absolute Gasteiger partial charge is 0.412 e. The van der Waals surface area contributed by atoms with E-state index in [4.69, 9.17) is 15.2 Å². The van der Waals surface area contributed by atoms with Gasteiger partial charge in [0.25, 0.3) is 5.91 Å². The van der Waals surface area contributed by atoms with Crippen molar-refractivity contribution in [1.82, 2.24) is 9.80 Å².